The van der Waals surface area contributed by atoms with E-state index in [4.69, 9.17) is 0 Å². The Labute approximate surface area is 69.0 Å². The van der Waals surface area contributed by atoms with Gasteiger partial charge in [-0.25, -0.2) is 0 Å². The topological polar surface area (TPSA) is 77.9 Å². The number of hydrogen-bond donors (Lipinski definition) is 0. The monoisotopic (exact) mass is 168 g/mol. The molecule has 0 N–H and O–H groups in total. The van der Waals surface area contributed by atoms with Gasteiger partial charge in [0.1, 0.15) is 0 Å². The van der Waals surface area contributed by atoms with Gasteiger partial charge in [-0.3, -0.25) is 4.79 Å². The fraction of sp³-hybridized carbons (Fsp3) is 0.500. The van der Waals surface area contributed by atoms with Gasteiger partial charge in [0.2, 0.25) is 0 Å². The van der Waals surface area contributed by atoms with Crippen LogP contribution in [0.25, 0.3) is 0 Å². The van der Waals surface area contributed by atoms with Crippen molar-refractivity contribution in [3.63, 3.8) is 0 Å². The van der Waals surface area contributed by atoms with Gasteiger partial charge in [0.15, 0.2) is 12.2 Å². The molecule has 0 saturated carbocycles. The zero-order valence-corrected chi connectivity index (χ0v) is 6.60. The van der Waals surface area contributed by atoms with Crippen molar-refractivity contribution in [2.45, 2.75) is 12.8 Å². The first-order valence-electron chi connectivity index (χ1n) is 3.39. The molecule has 64 valence electrons. The molecule has 0 aliphatic rings. The number of methoxy groups -OCH3 is 1. The van der Waals surface area contributed by atoms with Gasteiger partial charge in [0, 0.05) is 6.42 Å². The van der Waals surface area contributed by atoms with Crippen molar-refractivity contribution in [3.05, 3.63) is 12.2 Å². The lowest BCUT2D eigenvalue weighted by Gasteiger charge is -1.95. The van der Waals surface area contributed by atoms with Crippen LogP contribution in [0, 0.1) is 0 Å². The Hall–Kier alpha value is -1.59. The van der Waals surface area contributed by atoms with Crippen molar-refractivity contribution in [2.24, 2.45) is 0 Å². The molecule has 0 radical (unpaired) electrons. The van der Waals surface area contributed by atoms with Gasteiger partial charge in [0.05, 0.1) is 13.5 Å². The first-order chi connectivity index (χ1) is 5.83. The summed E-state index contributed by atoms with van der Waals surface area (Å²) in [7, 11) is 1.34. The molecule has 0 unspecified atom stereocenters. The van der Waals surface area contributed by atoms with Gasteiger partial charge in [-0.15, -0.1) is 20.4 Å². The second-order valence-corrected chi connectivity index (χ2v) is 2.04. The van der Waals surface area contributed by atoms with E-state index in [9.17, 15) is 4.79 Å². The lowest BCUT2D eigenvalue weighted by atomic mass is 10.3. The molecular formula is C6H8N4O2. The Morgan fingerprint density at radius 3 is 2.75 bits per heavy atom. The first-order valence-corrected chi connectivity index (χ1v) is 3.39. The number of hydrogen-bond acceptors (Lipinski definition) is 6. The molecule has 0 bridgehead atoms. The first kappa shape index (κ1) is 8.51. The minimum atomic E-state index is -0.289. The predicted octanol–water partition coefficient (Wildman–Crippen LogP) is -0.628. The summed E-state index contributed by atoms with van der Waals surface area (Å²) in [5.41, 5.74) is 0. The smallest absolute Gasteiger partial charge is 0.305 e. The zero-order chi connectivity index (χ0) is 8.81. The van der Waals surface area contributed by atoms with Gasteiger partial charge in [0.25, 0.3) is 0 Å². The van der Waals surface area contributed by atoms with Crippen molar-refractivity contribution < 1.29 is 9.53 Å². The number of carbonyl (C=O) groups is 1. The van der Waals surface area contributed by atoms with E-state index in [0.717, 1.165) is 0 Å². The third-order valence-corrected chi connectivity index (χ3v) is 1.23. The fourth-order valence-corrected chi connectivity index (χ4v) is 0.644. The van der Waals surface area contributed by atoms with Crippen molar-refractivity contribution in [3.8, 4) is 0 Å². The highest BCUT2D eigenvalue weighted by Gasteiger charge is 2.03. The van der Waals surface area contributed by atoms with E-state index < -0.39 is 0 Å². The van der Waals surface area contributed by atoms with E-state index in [-0.39, 0.29) is 12.4 Å². The second kappa shape index (κ2) is 4.32. The van der Waals surface area contributed by atoms with Gasteiger partial charge in [-0.05, 0) is 0 Å². The summed E-state index contributed by atoms with van der Waals surface area (Å²) in [5, 5.41) is 14.3. The third kappa shape index (κ3) is 2.57. The number of ether oxygens (including phenoxy) is 1. The predicted molar refractivity (Wildman–Crippen MR) is 38.0 cm³/mol. The third-order valence-electron chi connectivity index (χ3n) is 1.23. The van der Waals surface area contributed by atoms with Crippen molar-refractivity contribution in [2.75, 3.05) is 7.11 Å². The summed E-state index contributed by atoms with van der Waals surface area (Å²) in [6.07, 6.45) is 1.90. The van der Waals surface area contributed by atoms with E-state index in [1.54, 1.807) is 0 Å². The Morgan fingerprint density at radius 1 is 1.50 bits per heavy atom. The van der Waals surface area contributed by atoms with Crippen LogP contribution in [0.3, 0.4) is 0 Å². The molecule has 12 heavy (non-hydrogen) atoms. The van der Waals surface area contributed by atoms with E-state index in [1.165, 1.54) is 13.4 Å². The molecule has 1 heterocycles. The Bertz CT molecular complexity index is 251. The van der Waals surface area contributed by atoms with Crippen LogP contribution in [0.1, 0.15) is 12.2 Å². The van der Waals surface area contributed by atoms with Gasteiger partial charge in [-0.1, -0.05) is 0 Å². The Morgan fingerprint density at radius 2 is 2.17 bits per heavy atom. The number of aromatic nitrogens is 4. The molecule has 0 fully saturated rings. The lowest BCUT2D eigenvalue weighted by molar-refractivity contribution is -0.140. The molecule has 0 atom stereocenters. The van der Waals surface area contributed by atoms with Crippen LogP contribution >= 0.6 is 0 Å². The summed E-state index contributed by atoms with van der Waals surface area (Å²) in [6.45, 7) is 0. The number of nitrogens with zero attached hydrogens (tertiary/aromatic N) is 4. The van der Waals surface area contributed by atoms with Gasteiger partial charge in [-0.2, -0.15) is 0 Å². The normalized spacial score (nSPS) is 9.42. The largest absolute Gasteiger partial charge is 0.469 e. The molecule has 0 aromatic carbocycles. The van der Waals surface area contributed by atoms with E-state index in [1.807, 2.05) is 0 Å². The highest BCUT2D eigenvalue weighted by Crippen LogP contribution is 1.92. The molecule has 6 heteroatoms. The minimum Gasteiger partial charge on any atom is -0.469 e. The summed E-state index contributed by atoms with van der Waals surface area (Å²) in [6, 6.07) is 0. The molecule has 6 nitrogen and oxygen atoms in total. The SMILES string of the molecule is COC(=O)CCc1nncnn1. The summed E-state index contributed by atoms with van der Waals surface area (Å²) in [5.74, 6) is 0.158. The standard InChI is InChI=1S/C6H8N4O2/c1-12-6(11)3-2-5-9-7-4-8-10-5/h4H,2-3H2,1H3. The maximum Gasteiger partial charge on any atom is 0.305 e. The average molecular weight is 168 g/mol. The van der Waals surface area contributed by atoms with Crippen LogP contribution in [0.4, 0.5) is 0 Å². The van der Waals surface area contributed by atoms with E-state index in [0.29, 0.717) is 12.2 Å². The van der Waals surface area contributed by atoms with Gasteiger partial charge >= 0.3 is 5.97 Å². The molecule has 1 aromatic heterocycles. The highest BCUT2D eigenvalue weighted by atomic mass is 16.5. The zero-order valence-electron chi connectivity index (χ0n) is 6.60. The maximum absolute atomic E-state index is 10.7. The molecular weight excluding hydrogens is 160 g/mol. The minimum absolute atomic E-state index is 0.254. The van der Waals surface area contributed by atoms with Crippen molar-refractivity contribution in [1.29, 1.82) is 0 Å². The van der Waals surface area contributed by atoms with Crippen LogP contribution in [0.15, 0.2) is 6.33 Å². The van der Waals surface area contributed by atoms with Crippen molar-refractivity contribution in [1.82, 2.24) is 20.4 Å². The van der Waals surface area contributed by atoms with E-state index in [2.05, 4.69) is 25.1 Å². The maximum atomic E-state index is 10.7. The molecule has 0 saturated heterocycles. The fourth-order valence-electron chi connectivity index (χ4n) is 0.644. The second-order valence-electron chi connectivity index (χ2n) is 2.04. The molecule has 1 rings (SSSR count). The summed E-state index contributed by atoms with van der Waals surface area (Å²) < 4.78 is 4.44. The number of carbonyl (C=O) groups excluding carboxylic acids is 1. The molecule has 0 aliphatic carbocycles. The van der Waals surface area contributed by atoms with Crippen LogP contribution in [0.2, 0.25) is 0 Å². The number of aryl methyl sites for hydroxylation is 1. The van der Waals surface area contributed by atoms with Crippen LogP contribution < -0.4 is 0 Å². The molecule has 0 aliphatic heterocycles. The van der Waals surface area contributed by atoms with Gasteiger partial charge < -0.3 is 4.74 Å². The Kier molecular flexibility index (Phi) is 3.06. The van der Waals surface area contributed by atoms with Crippen LogP contribution in [-0.4, -0.2) is 33.5 Å². The quantitative estimate of drug-likeness (QED) is 0.559. The lowest BCUT2D eigenvalue weighted by Crippen LogP contribution is -2.05. The number of rotatable bonds is 3. The highest BCUT2D eigenvalue weighted by molar-refractivity contribution is 5.69. The summed E-state index contributed by atoms with van der Waals surface area (Å²) >= 11 is 0. The summed E-state index contributed by atoms with van der Waals surface area (Å²) in [4.78, 5) is 10.7. The van der Waals surface area contributed by atoms with E-state index >= 15 is 0 Å². The number of esters is 1. The van der Waals surface area contributed by atoms with Crippen LogP contribution in [-0.2, 0) is 16.0 Å². The van der Waals surface area contributed by atoms with Crippen LogP contribution in [0.5, 0.6) is 0 Å². The molecule has 0 amide bonds. The van der Waals surface area contributed by atoms with Crippen molar-refractivity contribution >= 4 is 5.97 Å². The molecule has 1 aromatic rings. The Balaban J connectivity index is 2.38. The average Bonchev–Trinajstić information content (AvgIpc) is 2.16. The molecule has 0 spiro atoms.